The van der Waals surface area contributed by atoms with Crippen molar-refractivity contribution < 1.29 is 13.9 Å². The fourth-order valence-corrected chi connectivity index (χ4v) is 4.92. The first kappa shape index (κ1) is 24.2. The van der Waals surface area contributed by atoms with Gasteiger partial charge in [-0.15, -0.1) is 5.10 Å². The lowest BCUT2D eigenvalue weighted by Gasteiger charge is -2.21. The van der Waals surface area contributed by atoms with Gasteiger partial charge in [0.2, 0.25) is 7.37 Å². The van der Waals surface area contributed by atoms with Crippen LogP contribution >= 0.6 is 7.37 Å². The molecule has 0 aliphatic heterocycles. The third-order valence-electron chi connectivity index (χ3n) is 5.34. The molecule has 2 aromatic carbocycles. The predicted octanol–water partition coefficient (Wildman–Crippen LogP) is 3.32. The lowest BCUT2D eigenvalue weighted by atomic mass is 9.98. The van der Waals surface area contributed by atoms with Crippen molar-refractivity contribution in [2.75, 3.05) is 13.3 Å². The van der Waals surface area contributed by atoms with E-state index >= 15 is 0 Å². The number of carbonyl (C=O) groups excluding carboxylic acids is 1. The number of benzene rings is 2. The highest BCUT2D eigenvalue weighted by molar-refractivity contribution is 7.66. The van der Waals surface area contributed by atoms with E-state index in [0.717, 1.165) is 11.1 Å². The molecule has 0 saturated heterocycles. The quantitative estimate of drug-likeness (QED) is 0.364. The van der Waals surface area contributed by atoms with Crippen LogP contribution in [0.4, 0.5) is 0 Å². The molecule has 0 radical (unpaired) electrons. The van der Waals surface area contributed by atoms with E-state index in [9.17, 15) is 14.2 Å². The molecular formula is C25H24N5O4P. The number of nitrogens with one attached hydrogen (secondary N) is 2. The number of H-pyrrole nitrogens is 1. The molecule has 0 aliphatic rings. The smallest absolute Gasteiger partial charge is 0.264 e. The molecule has 1 amide bonds. The van der Waals surface area contributed by atoms with Crippen molar-refractivity contribution in [1.29, 1.82) is 0 Å². The van der Waals surface area contributed by atoms with Gasteiger partial charge in [-0.1, -0.05) is 42.5 Å². The minimum absolute atomic E-state index is 0.135. The third-order valence-corrected chi connectivity index (χ3v) is 7.33. The Morgan fingerprint density at radius 3 is 2.40 bits per heavy atom. The van der Waals surface area contributed by atoms with Gasteiger partial charge in [-0.05, 0) is 42.3 Å². The Morgan fingerprint density at radius 2 is 1.77 bits per heavy atom. The average Bonchev–Trinajstić information content (AvgIpc) is 2.88. The Kier molecular flexibility index (Phi) is 7.29. The van der Waals surface area contributed by atoms with Gasteiger partial charge < -0.3 is 14.8 Å². The number of carbonyl (C=O) groups is 1. The first-order valence-corrected chi connectivity index (χ1v) is 13.0. The van der Waals surface area contributed by atoms with Gasteiger partial charge in [-0.25, -0.2) is 4.98 Å². The molecule has 2 aromatic heterocycles. The van der Waals surface area contributed by atoms with Crippen LogP contribution in [0.1, 0.15) is 34.5 Å². The summed E-state index contributed by atoms with van der Waals surface area (Å²) in [5.74, 6) is -0.369. The summed E-state index contributed by atoms with van der Waals surface area (Å²) in [6.45, 7) is 3.71. The monoisotopic (exact) mass is 489 g/mol. The van der Waals surface area contributed by atoms with Gasteiger partial charge in [-0.3, -0.25) is 14.2 Å². The number of aromatic nitrogens is 4. The zero-order valence-corrected chi connectivity index (χ0v) is 20.1. The maximum absolute atomic E-state index is 13.1. The summed E-state index contributed by atoms with van der Waals surface area (Å²) in [4.78, 5) is 32.6. The van der Waals surface area contributed by atoms with Gasteiger partial charge in [0.05, 0.1) is 12.6 Å². The van der Waals surface area contributed by atoms with Gasteiger partial charge in [0, 0.05) is 24.4 Å². The third kappa shape index (κ3) is 5.59. The van der Waals surface area contributed by atoms with Gasteiger partial charge >= 0.3 is 0 Å². The summed E-state index contributed by atoms with van der Waals surface area (Å²) < 4.78 is 18.2. The standard InChI is InChI=1S/C25H24N5O4P/c1-3-34-35(2,33)19-13-11-18(12-14-19)22(17-8-5-4-6-9-17)28-24(31)20-16-26-23(29-25(20)32)21-10-7-15-27-30-21/h4-16,22H,3H2,1-2H3,(H,28,31)(H,26,29,32). The molecule has 2 unspecified atom stereocenters. The maximum Gasteiger partial charge on any atom is 0.264 e. The van der Waals surface area contributed by atoms with Gasteiger partial charge in [0.25, 0.3) is 11.5 Å². The molecule has 0 saturated carbocycles. The molecule has 2 heterocycles. The van der Waals surface area contributed by atoms with E-state index in [2.05, 4.69) is 25.5 Å². The summed E-state index contributed by atoms with van der Waals surface area (Å²) in [5, 5.41) is 11.2. The van der Waals surface area contributed by atoms with E-state index in [-0.39, 0.29) is 11.4 Å². The van der Waals surface area contributed by atoms with E-state index in [1.807, 2.05) is 30.3 Å². The highest BCUT2D eigenvalue weighted by Gasteiger charge is 2.23. The molecule has 0 spiro atoms. The molecule has 35 heavy (non-hydrogen) atoms. The molecule has 2 N–H and O–H groups in total. The van der Waals surface area contributed by atoms with Crippen LogP contribution in [-0.4, -0.2) is 39.3 Å². The van der Waals surface area contributed by atoms with Crippen LogP contribution in [0.15, 0.2) is 83.9 Å². The molecule has 4 rings (SSSR count). The highest BCUT2D eigenvalue weighted by Crippen LogP contribution is 2.41. The summed E-state index contributed by atoms with van der Waals surface area (Å²) in [6, 6.07) is 19.2. The van der Waals surface area contributed by atoms with Gasteiger partial charge in [0.1, 0.15) is 11.3 Å². The zero-order valence-electron chi connectivity index (χ0n) is 19.2. The number of rotatable bonds is 8. The van der Waals surface area contributed by atoms with E-state index in [0.29, 0.717) is 17.6 Å². The van der Waals surface area contributed by atoms with Crippen LogP contribution in [-0.2, 0) is 9.09 Å². The first-order valence-electron chi connectivity index (χ1n) is 10.9. The molecule has 0 fully saturated rings. The number of hydrogen-bond acceptors (Lipinski definition) is 7. The van der Waals surface area contributed by atoms with Crippen molar-refractivity contribution in [1.82, 2.24) is 25.5 Å². The Hall–Kier alpha value is -3.94. The normalized spacial score (nSPS) is 13.5. The SMILES string of the molecule is CCOP(C)(=O)c1ccc(C(NC(=O)c2cnc(-c3cccnn3)[nH]c2=O)c2ccccc2)cc1. The summed E-state index contributed by atoms with van der Waals surface area (Å²) >= 11 is 0. The lowest BCUT2D eigenvalue weighted by molar-refractivity contribution is 0.0941. The van der Waals surface area contributed by atoms with Crippen molar-refractivity contribution >= 4 is 18.6 Å². The topological polar surface area (TPSA) is 127 Å². The van der Waals surface area contributed by atoms with Crippen molar-refractivity contribution in [2.45, 2.75) is 13.0 Å². The fraction of sp³-hybridized carbons (Fsp3) is 0.160. The minimum Gasteiger partial charge on any atom is -0.341 e. The minimum atomic E-state index is -2.93. The second-order valence-electron chi connectivity index (χ2n) is 7.76. The molecule has 2 atom stereocenters. The molecular weight excluding hydrogens is 465 g/mol. The number of aromatic amines is 1. The summed E-state index contributed by atoms with van der Waals surface area (Å²) in [5.41, 5.74) is 1.23. The lowest BCUT2D eigenvalue weighted by Crippen LogP contribution is -2.33. The van der Waals surface area contributed by atoms with E-state index in [4.69, 9.17) is 4.52 Å². The molecule has 178 valence electrons. The van der Waals surface area contributed by atoms with Crippen molar-refractivity contribution in [3.63, 3.8) is 0 Å². The number of nitrogens with zero attached hydrogens (tertiary/aromatic N) is 3. The largest absolute Gasteiger partial charge is 0.341 e. The number of amides is 1. The van der Waals surface area contributed by atoms with Crippen LogP contribution in [0.25, 0.3) is 11.5 Å². The molecule has 10 heteroatoms. The van der Waals surface area contributed by atoms with Crippen LogP contribution in [0.5, 0.6) is 0 Å². The van der Waals surface area contributed by atoms with Gasteiger partial charge in [-0.2, -0.15) is 5.10 Å². The zero-order chi connectivity index (χ0) is 24.8. The van der Waals surface area contributed by atoms with Crippen LogP contribution in [0, 0.1) is 0 Å². The Balaban J connectivity index is 1.63. The number of hydrogen-bond donors (Lipinski definition) is 2. The average molecular weight is 489 g/mol. The summed E-state index contributed by atoms with van der Waals surface area (Å²) in [6.07, 6.45) is 2.73. The predicted molar refractivity (Wildman–Crippen MR) is 133 cm³/mol. The van der Waals surface area contributed by atoms with Crippen LogP contribution < -0.4 is 16.2 Å². The van der Waals surface area contributed by atoms with E-state index in [1.54, 1.807) is 50.0 Å². The molecule has 9 nitrogen and oxygen atoms in total. The van der Waals surface area contributed by atoms with E-state index in [1.165, 1.54) is 12.4 Å². The second kappa shape index (κ2) is 10.5. The van der Waals surface area contributed by atoms with Crippen LogP contribution in [0.3, 0.4) is 0 Å². The second-order valence-corrected chi connectivity index (χ2v) is 10.2. The molecule has 4 aromatic rings. The molecule has 0 aliphatic carbocycles. The Morgan fingerprint density at radius 1 is 1.06 bits per heavy atom. The maximum atomic E-state index is 13.1. The van der Waals surface area contributed by atoms with Crippen molar-refractivity contribution in [3.8, 4) is 11.5 Å². The highest BCUT2D eigenvalue weighted by atomic mass is 31.2. The van der Waals surface area contributed by atoms with Gasteiger partial charge in [0.15, 0.2) is 5.82 Å². The Bertz CT molecular complexity index is 1410. The van der Waals surface area contributed by atoms with Crippen LogP contribution in [0.2, 0.25) is 0 Å². The first-order chi connectivity index (χ1) is 16.9. The molecule has 0 bridgehead atoms. The summed E-state index contributed by atoms with van der Waals surface area (Å²) in [7, 11) is -2.93. The van der Waals surface area contributed by atoms with E-state index < -0.39 is 24.9 Å². The Labute approximate surface area is 202 Å². The fourth-order valence-electron chi connectivity index (χ4n) is 3.59. The van der Waals surface area contributed by atoms with Crippen molar-refractivity contribution in [2.24, 2.45) is 0 Å². The van der Waals surface area contributed by atoms with Crippen molar-refractivity contribution in [3.05, 3.63) is 106 Å².